The second-order valence-electron chi connectivity index (χ2n) is 7.65. The molecule has 1 aromatic heterocycles. The van der Waals surface area contributed by atoms with Gasteiger partial charge in [0.2, 0.25) is 0 Å². The minimum absolute atomic E-state index is 0.144. The van der Waals surface area contributed by atoms with Gasteiger partial charge >= 0.3 is 0 Å². The summed E-state index contributed by atoms with van der Waals surface area (Å²) in [7, 11) is 1.97. The van der Waals surface area contributed by atoms with Gasteiger partial charge in [-0.1, -0.05) is 0 Å². The minimum atomic E-state index is -0.333. The Bertz CT molecular complexity index is 517. The Hall–Kier alpha value is -0.870. The lowest BCUT2D eigenvalue weighted by Gasteiger charge is -2.30. The largest absolute Gasteiger partial charge is 0.393 e. The molecule has 2 atom stereocenters. The van der Waals surface area contributed by atoms with Crippen molar-refractivity contribution >= 4 is 0 Å². The molecule has 0 bridgehead atoms. The molecule has 0 saturated carbocycles. The summed E-state index contributed by atoms with van der Waals surface area (Å²) in [5.41, 5.74) is 3.14. The van der Waals surface area contributed by atoms with Crippen LogP contribution in [0.3, 0.4) is 0 Å². The molecule has 1 aromatic rings. The van der Waals surface area contributed by atoms with Crippen molar-refractivity contribution in [3.8, 4) is 0 Å². The molecular weight excluding hydrogens is 264 g/mol. The van der Waals surface area contributed by atoms with Crippen molar-refractivity contribution in [2.45, 2.75) is 78.1 Å². The highest BCUT2D eigenvalue weighted by Gasteiger charge is 2.48. The maximum atomic E-state index is 10.7. The van der Waals surface area contributed by atoms with Crippen LogP contribution in [-0.2, 0) is 18.2 Å². The molecule has 4 nitrogen and oxygen atoms in total. The topological polar surface area (TPSA) is 47.3 Å². The first-order chi connectivity index (χ1) is 9.53. The summed E-state index contributed by atoms with van der Waals surface area (Å²) in [5.74, 6) is 0.185. The fourth-order valence-corrected chi connectivity index (χ4v) is 3.88. The van der Waals surface area contributed by atoms with E-state index in [-0.39, 0.29) is 23.2 Å². The number of aromatic nitrogens is 2. The van der Waals surface area contributed by atoms with Crippen LogP contribution in [0, 0.1) is 19.8 Å². The first-order valence-corrected chi connectivity index (χ1v) is 7.91. The second-order valence-corrected chi connectivity index (χ2v) is 7.65. The van der Waals surface area contributed by atoms with Crippen LogP contribution in [0.25, 0.3) is 0 Å². The standard InChI is InChI=1S/C17H30N2O2/c1-11-13(12(2)19(7)18-11)8-9-15(20)14-10-16(3,4)21-17(14,5)6/h14-15,20H,8-10H2,1-7H3. The predicted molar refractivity (Wildman–Crippen MR) is 84.4 cm³/mol. The van der Waals surface area contributed by atoms with Crippen LogP contribution in [0.4, 0.5) is 0 Å². The van der Waals surface area contributed by atoms with E-state index in [4.69, 9.17) is 4.74 Å². The Kier molecular flexibility index (Phi) is 4.24. The van der Waals surface area contributed by atoms with E-state index in [1.807, 2.05) is 18.7 Å². The highest BCUT2D eigenvalue weighted by molar-refractivity contribution is 5.24. The molecule has 2 heterocycles. The third-order valence-corrected chi connectivity index (χ3v) is 4.96. The Morgan fingerprint density at radius 2 is 1.95 bits per heavy atom. The molecule has 1 fully saturated rings. The summed E-state index contributed by atoms with van der Waals surface area (Å²) in [5, 5.41) is 15.1. The van der Waals surface area contributed by atoms with E-state index in [0.29, 0.717) is 0 Å². The molecule has 1 saturated heterocycles. The van der Waals surface area contributed by atoms with E-state index in [0.717, 1.165) is 25.0 Å². The molecule has 1 aliphatic heterocycles. The van der Waals surface area contributed by atoms with Gasteiger partial charge < -0.3 is 9.84 Å². The predicted octanol–water partition coefficient (Wildman–Crippen LogP) is 2.92. The molecule has 2 unspecified atom stereocenters. The summed E-state index contributed by atoms with van der Waals surface area (Å²) < 4.78 is 8.02. The summed E-state index contributed by atoms with van der Waals surface area (Å²) in [4.78, 5) is 0. The highest BCUT2D eigenvalue weighted by atomic mass is 16.5. The van der Waals surface area contributed by atoms with Crippen molar-refractivity contribution in [1.29, 1.82) is 0 Å². The second kappa shape index (κ2) is 5.40. The SMILES string of the molecule is Cc1nn(C)c(C)c1CCC(O)C1CC(C)(C)OC1(C)C. The average Bonchev–Trinajstić information content (AvgIpc) is 2.70. The van der Waals surface area contributed by atoms with E-state index < -0.39 is 0 Å². The molecule has 4 heteroatoms. The lowest BCUT2D eigenvalue weighted by atomic mass is 9.81. The molecule has 0 radical (unpaired) electrons. The van der Waals surface area contributed by atoms with Gasteiger partial charge in [-0.3, -0.25) is 4.68 Å². The van der Waals surface area contributed by atoms with Gasteiger partial charge in [0.25, 0.3) is 0 Å². The number of aliphatic hydroxyl groups excluding tert-OH is 1. The number of aliphatic hydroxyl groups is 1. The first kappa shape index (κ1) is 16.5. The molecule has 0 aliphatic carbocycles. The van der Waals surface area contributed by atoms with Crippen molar-refractivity contribution in [3.63, 3.8) is 0 Å². The van der Waals surface area contributed by atoms with Gasteiger partial charge in [0.05, 0.1) is 23.0 Å². The summed E-state index contributed by atoms with van der Waals surface area (Å²) in [6.45, 7) is 12.5. The van der Waals surface area contributed by atoms with Crippen LogP contribution in [0.1, 0.15) is 57.5 Å². The Balaban J connectivity index is 2.04. The van der Waals surface area contributed by atoms with Crippen LogP contribution in [0.15, 0.2) is 0 Å². The van der Waals surface area contributed by atoms with Gasteiger partial charge in [0.15, 0.2) is 0 Å². The number of rotatable bonds is 4. The van der Waals surface area contributed by atoms with Crippen molar-refractivity contribution in [1.82, 2.24) is 9.78 Å². The molecule has 0 aromatic carbocycles. The number of aryl methyl sites for hydroxylation is 2. The van der Waals surface area contributed by atoms with Gasteiger partial charge in [0.1, 0.15) is 0 Å². The van der Waals surface area contributed by atoms with Crippen LogP contribution >= 0.6 is 0 Å². The zero-order valence-corrected chi connectivity index (χ0v) is 14.5. The third kappa shape index (κ3) is 3.32. The molecule has 2 rings (SSSR count). The Morgan fingerprint density at radius 3 is 2.38 bits per heavy atom. The fraction of sp³-hybridized carbons (Fsp3) is 0.824. The molecule has 0 spiro atoms. The molecule has 120 valence electrons. The van der Waals surface area contributed by atoms with Gasteiger partial charge in [-0.15, -0.1) is 0 Å². The number of nitrogens with zero attached hydrogens (tertiary/aromatic N) is 2. The van der Waals surface area contributed by atoms with Crippen LogP contribution in [-0.4, -0.2) is 32.2 Å². The summed E-state index contributed by atoms with van der Waals surface area (Å²) >= 11 is 0. The van der Waals surface area contributed by atoms with Crippen molar-refractivity contribution in [3.05, 3.63) is 17.0 Å². The Morgan fingerprint density at radius 1 is 1.33 bits per heavy atom. The maximum absolute atomic E-state index is 10.7. The number of ether oxygens (including phenoxy) is 1. The van der Waals surface area contributed by atoms with E-state index >= 15 is 0 Å². The Labute approximate surface area is 128 Å². The van der Waals surface area contributed by atoms with Crippen LogP contribution < -0.4 is 0 Å². The van der Waals surface area contributed by atoms with Gasteiger partial charge in [0, 0.05) is 18.7 Å². The van der Waals surface area contributed by atoms with Crippen molar-refractivity contribution in [2.75, 3.05) is 0 Å². The average molecular weight is 294 g/mol. The lowest BCUT2D eigenvalue weighted by molar-refractivity contribution is -0.0880. The van der Waals surface area contributed by atoms with Crippen LogP contribution in [0.5, 0.6) is 0 Å². The molecule has 0 amide bonds. The monoisotopic (exact) mass is 294 g/mol. The smallest absolute Gasteiger partial charge is 0.0687 e. The highest BCUT2D eigenvalue weighted by Crippen LogP contribution is 2.44. The lowest BCUT2D eigenvalue weighted by Crippen LogP contribution is -2.36. The normalized spacial score (nSPS) is 25.2. The van der Waals surface area contributed by atoms with E-state index in [2.05, 4.69) is 39.7 Å². The van der Waals surface area contributed by atoms with Gasteiger partial charge in [-0.25, -0.2) is 0 Å². The van der Waals surface area contributed by atoms with E-state index in [1.54, 1.807) is 0 Å². The first-order valence-electron chi connectivity index (χ1n) is 7.91. The third-order valence-electron chi connectivity index (χ3n) is 4.96. The summed E-state index contributed by atoms with van der Waals surface area (Å²) in [6.07, 6.45) is 2.22. The summed E-state index contributed by atoms with van der Waals surface area (Å²) in [6, 6.07) is 0. The maximum Gasteiger partial charge on any atom is 0.0687 e. The fourth-order valence-electron chi connectivity index (χ4n) is 3.88. The van der Waals surface area contributed by atoms with Gasteiger partial charge in [-0.05, 0) is 66.4 Å². The molecule has 1 aliphatic rings. The van der Waals surface area contributed by atoms with Gasteiger partial charge in [-0.2, -0.15) is 5.10 Å². The van der Waals surface area contributed by atoms with Crippen molar-refractivity contribution in [2.24, 2.45) is 13.0 Å². The molecular formula is C17H30N2O2. The number of hydrogen-bond donors (Lipinski definition) is 1. The van der Waals surface area contributed by atoms with E-state index in [9.17, 15) is 5.11 Å². The quantitative estimate of drug-likeness (QED) is 0.929. The van der Waals surface area contributed by atoms with E-state index in [1.165, 1.54) is 11.3 Å². The van der Waals surface area contributed by atoms with Crippen molar-refractivity contribution < 1.29 is 9.84 Å². The number of hydrogen-bond acceptors (Lipinski definition) is 3. The minimum Gasteiger partial charge on any atom is -0.393 e. The molecule has 21 heavy (non-hydrogen) atoms. The zero-order valence-electron chi connectivity index (χ0n) is 14.5. The zero-order chi connectivity index (χ0) is 16.0. The van der Waals surface area contributed by atoms with Crippen LogP contribution in [0.2, 0.25) is 0 Å². The molecule has 1 N–H and O–H groups in total.